The van der Waals surface area contributed by atoms with Crippen molar-refractivity contribution in [2.75, 3.05) is 45.8 Å². The van der Waals surface area contributed by atoms with Gasteiger partial charge in [-0.25, -0.2) is 13.6 Å². The molecule has 1 saturated heterocycles. The number of benzene rings is 3. The molecule has 0 aromatic heterocycles. The van der Waals surface area contributed by atoms with Gasteiger partial charge in [0.05, 0.1) is 12.1 Å². The molecule has 0 N–H and O–H groups in total. The van der Waals surface area contributed by atoms with E-state index in [4.69, 9.17) is 10.00 Å². The number of hydrogen-bond acceptors (Lipinski definition) is 5. The predicted octanol–water partition coefficient (Wildman–Crippen LogP) is 5.61. The fraction of sp³-hybridized carbons (Fsp3) is 0.355. The summed E-state index contributed by atoms with van der Waals surface area (Å²) in [6, 6.07) is 24.5. The van der Waals surface area contributed by atoms with Crippen LogP contribution in [0.3, 0.4) is 0 Å². The predicted molar refractivity (Wildman–Crippen MR) is 146 cm³/mol. The third-order valence-corrected chi connectivity index (χ3v) is 7.02. The van der Waals surface area contributed by atoms with Crippen molar-refractivity contribution in [2.45, 2.75) is 25.5 Å². The van der Waals surface area contributed by atoms with Gasteiger partial charge in [0.1, 0.15) is 24.8 Å². The Bertz CT molecular complexity index is 1160. The van der Waals surface area contributed by atoms with Gasteiger partial charge in [-0.1, -0.05) is 54.6 Å². The highest BCUT2D eigenvalue weighted by Crippen LogP contribution is 2.30. The molecular formula is C31H34F2N4O2. The quantitative estimate of drug-likeness (QED) is 0.237. The summed E-state index contributed by atoms with van der Waals surface area (Å²) >= 11 is 0. The summed E-state index contributed by atoms with van der Waals surface area (Å²) in [6.07, 6.45) is 1.20. The van der Waals surface area contributed by atoms with Crippen LogP contribution in [0.4, 0.5) is 13.6 Å². The van der Waals surface area contributed by atoms with Crippen LogP contribution in [0.15, 0.2) is 78.9 Å². The lowest BCUT2D eigenvalue weighted by molar-refractivity contribution is 0.0963. The Labute approximate surface area is 229 Å². The molecule has 1 aliphatic heterocycles. The van der Waals surface area contributed by atoms with Gasteiger partial charge in [-0.05, 0) is 60.3 Å². The largest absolute Gasteiger partial charge is 0.445 e. The van der Waals surface area contributed by atoms with E-state index in [2.05, 4.69) is 15.9 Å². The molecule has 0 bridgehead atoms. The zero-order valence-electron chi connectivity index (χ0n) is 22.0. The van der Waals surface area contributed by atoms with E-state index in [1.165, 1.54) is 29.2 Å². The van der Waals surface area contributed by atoms with Crippen molar-refractivity contribution in [2.24, 2.45) is 0 Å². The first-order chi connectivity index (χ1) is 19.0. The van der Waals surface area contributed by atoms with Crippen molar-refractivity contribution in [3.8, 4) is 6.07 Å². The fourth-order valence-corrected chi connectivity index (χ4v) is 4.92. The van der Waals surface area contributed by atoms with Crippen molar-refractivity contribution in [3.05, 3.63) is 107 Å². The molecule has 8 heteroatoms. The van der Waals surface area contributed by atoms with E-state index < -0.39 is 6.09 Å². The lowest BCUT2D eigenvalue weighted by Crippen LogP contribution is -2.48. The summed E-state index contributed by atoms with van der Waals surface area (Å²) in [5, 5.41) is 9.14. The van der Waals surface area contributed by atoms with Crippen LogP contribution in [0.1, 0.15) is 35.6 Å². The number of piperazine rings is 1. The third-order valence-electron chi connectivity index (χ3n) is 7.02. The second kappa shape index (κ2) is 14.4. The van der Waals surface area contributed by atoms with Gasteiger partial charge < -0.3 is 9.64 Å². The number of nitrogens with zero attached hydrogens (tertiary/aromatic N) is 4. The molecule has 1 aliphatic rings. The molecule has 3 aromatic rings. The zero-order chi connectivity index (χ0) is 27.5. The first kappa shape index (κ1) is 28.2. The number of hydrogen-bond donors (Lipinski definition) is 0. The average Bonchev–Trinajstić information content (AvgIpc) is 2.97. The smallest absolute Gasteiger partial charge is 0.410 e. The summed E-state index contributed by atoms with van der Waals surface area (Å²) in [6.45, 7) is 4.95. The van der Waals surface area contributed by atoms with Crippen LogP contribution in [-0.4, -0.2) is 66.6 Å². The molecule has 0 aliphatic carbocycles. The van der Waals surface area contributed by atoms with E-state index in [0.29, 0.717) is 6.54 Å². The van der Waals surface area contributed by atoms with E-state index >= 15 is 0 Å². The Hall–Kier alpha value is -3.80. The molecule has 204 valence electrons. The second-order valence-electron chi connectivity index (χ2n) is 9.71. The summed E-state index contributed by atoms with van der Waals surface area (Å²) < 4.78 is 32.5. The molecule has 6 nitrogen and oxygen atoms in total. The third kappa shape index (κ3) is 8.34. The number of halogens is 2. The average molecular weight is 533 g/mol. The molecule has 4 rings (SSSR count). The van der Waals surface area contributed by atoms with Crippen LogP contribution in [-0.2, 0) is 11.3 Å². The lowest BCUT2D eigenvalue weighted by atomic mass is 9.96. The highest BCUT2D eigenvalue weighted by molar-refractivity contribution is 5.67. The van der Waals surface area contributed by atoms with Crippen molar-refractivity contribution in [1.82, 2.24) is 14.7 Å². The van der Waals surface area contributed by atoms with Gasteiger partial charge in [-0.2, -0.15) is 5.26 Å². The molecule has 39 heavy (non-hydrogen) atoms. The van der Waals surface area contributed by atoms with Gasteiger partial charge in [0.2, 0.25) is 0 Å². The van der Waals surface area contributed by atoms with Crippen LogP contribution < -0.4 is 0 Å². The standard InChI is InChI=1S/C31H34F2N4O2/c32-28-12-8-26(9-13-28)30(27-10-14-29(33)15-11-27)36-22-20-35(21-23-36)17-4-5-18-37(19-16-34)31(38)39-24-25-6-2-1-3-7-25/h1-3,6-15,30H,4-5,17-24H2. The SMILES string of the molecule is N#CCN(CCCCN1CCN(C(c2ccc(F)cc2)c2ccc(F)cc2)CC1)C(=O)OCc1ccccc1. The highest BCUT2D eigenvalue weighted by Gasteiger charge is 2.26. The number of carbonyl (C=O) groups is 1. The molecule has 1 amide bonds. The van der Waals surface area contributed by atoms with Crippen molar-refractivity contribution < 1.29 is 18.3 Å². The number of ether oxygens (including phenoxy) is 1. The zero-order valence-corrected chi connectivity index (χ0v) is 22.0. The van der Waals surface area contributed by atoms with E-state index in [9.17, 15) is 13.6 Å². The van der Waals surface area contributed by atoms with E-state index in [-0.39, 0.29) is 30.8 Å². The van der Waals surface area contributed by atoms with Crippen molar-refractivity contribution in [3.63, 3.8) is 0 Å². The summed E-state index contributed by atoms with van der Waals surface area (Å²) in [4.78, 5) is 18.7. The number of carbonyl (C=O) groups excluding carboxylic acids is 1. The van der Waals surface area contributed by atoms with Crippen LogP contribution in [0.5, 0.6) is 0 Å². The fourth-order valence-electron chi connectivity index (χ4n) is 4.92. The Balaban J connectivity index is 1.24. The van der Waals surface area contributed by atoms with E-state index in [1.807, 2.05) is 30.3 Å². The maximum Gasteiger partial charge on any atom is 0.410 e. The summed E-state index contributed by atoms with van der Waals surface area (Å²) in [5.74, 6) is -0.557. The van der Waals surface area contributed by atoms with Crippen LogP contribution in [0, 0.1) is 23.0 Å². The number of nitriles is 1. The highest BCUT2D eigenvalue weighted by atomic mass is 19.1. The maximum absolute atomic E-state index is 13.6. The van der Waals surface area contributed by atoms with Gasteiger partial charge in [-0.15, -0.1) is 0 Å². The minimum Gasteiger partial charge on any atom is -0.445 e. The molecule has 0 unspecified atom stereocenters. The first-order valence-electron chi connectivity index (χ1n) is 13.3. The molecule has 3 aromatic carbocycles. The van der Waals surface area contributed by atoms with E-state index in [0.717, 1.165) is 62.3 Å². The normalized spacial score (nSPS) is 14.2. The van der Waals surface area contributed by atoms with Gasteiger partial charge in [0, 0.05) is 32.7 Å². The minimum absolute atomic E-state index is 0.000453. The van der Waals surface area contributed by atoms with Crippen molar-refractivity contribution >= 4 is 6.09 Å². The van der Waals surface area contributed by atoms with Gasteiger partial charge in [0.15, 0.2) is 0 Å². The number of amides is 1. The van der Waals surface area contributed by atoms with Gasteiger partial charge >= 0.3 is 6.09 Å². The molecule has 0 atom stereocenters. The van der Waals surface area contributed by atoms with E-state index in [1.54, 1.807) is 24.3 Å². The topological polar surface area (TPSA) is 59.8 Å². The minimum atomic E-state index is -0.471. The van der Waals surface area contributed by atoms with Gasteiger partial charge in [0.25, 0.3) is 0 Å². The Morgan fingerprint density at radius 2 is 1.46 bits per heavy atom. The number of unbranched alkanes of at least 4 members (excludes halogenated alkanes) is 1. The Morgan fingerprint density at radius 1 is 0.872 bits per heavy atom. The van der Waals surface area contributed by atoms with Crippen LogP contribution in [0.2, 0.25) is 0 Å². The van der Waals surface area contributed by atoms with Crippen LogP contribution >= 0.6 is 0 Å². The molecule has 0 radical (unpaired) electrons. The molecule has 1 fully saturated rings. The summed E-state index contributed by atoms with van der Waals surface area (Å²) in [5.41, 5.74) is 2.87. The first-order valence-corrected chi connectivity index (χ1v) is 13.3. The van der Waals surface area contributed by atoms with Gasteiger partial charge in [-0.3, -0.25) is 9.80 Å². The Morgan fingerprint density at radius 3 is 2.03 bits per heavy atom. The molecule has 1 heterocycles. The Kier molecular flexibility index (Phi) is 10.4. The second-order valence-corrected chi connectivity index (χ2v) is 9.71. The van der Waals surface area contributed by atoms with Crippen LogP contribution in [0.25, 0.3) is 0 Å². The maximum atomic E-state index is 13.6. The lowest BCUT2D eigenvalue weighted by Gasteiger charge is -2.40. The summed E-state index contributed by atoms with van der Waals surface area (Å²) in [7, 11) is 0. The van der Waals surface area contributed by atoms with Crippen molar-refractivity contribution in [1.29, 1.82) is 5.26 Å². The molecule has 0 spiro atoms. The monoisotopic (exact) mass is 532 g/mol. The number of rotatable bonds is 11. The molecule has 0 saturated carbocycles. The molecular weight excluding hydrogens is 498 g/mol.